The SMILES string of the molecule is Nc1ncc(CN2CCCC(c3nnc4ccccn34)C2)s1. The van der Waals surface area contributed by atoms with E-state index in [0.29, 0.717) is 11.0 Å². The van der Waals surface area contributed by atoms with Gasteiger partial charge in [-0.15, -0.1) is 21.5 Å². The van der Waals surface area contributed by atoms with Gasteiger partial charge in [-0.05, 0) is 31.5 Å². The molecular formula is C15H18N6S. The number of piperidine rings is 1. The maximum absolute atomic E-state index is 5.72. The topological polar surface area (TPSA) is 72.3 Å². The zero-order valence-electron chi connectivity index (χ0n) is 12.2. The van der Waals surface area contributed by atoms with Gasteiger partial charge in [-0.3, -0.25) is 9.30 Å². The van der Waals surface area contributed by atoms with Crippen LogP contribution in [0.2, 0.25) is 0 Å². The van der Waals surface area contributed by atoms with Crippen LogP contribution in [0.1, 0.15) is 29.5 Å². The third-order valence-electron chi connectivity index (χ3n) is 4.16. The van der Waals surface area contributed by atoms with E-state index in [1.165, 1.54) is 11.3 Å². The van der Waals surface area contributed by atoms with Crippen LogP contribution in [0, 0.1) is 0 Å². The van der Waals surface area contributed by atoms with E-state index in [1.807, 2.05) is 30.6 Å². The number of hydrogen-bond acceptors (Lipinski definition) is 6. The number of fused-ring (bicyclic) bond motifs is 1. The summed E-state index contributed by atoms with van der Waals surface area (Å²) >= 11 is 1.57. The van der Waals surface area contributed by atoms with Crippen LogP contribution in [0.5, 0.6) is 0 Å². The molecule has 0 amide bonds. The summed E-state index contributed by atoms with van der Waals surface area (Å²) in [5, 5.41) is 9.34. The first kappa shape index (κ1) is 13.7. The molecule has 22 heavy (non-hydrogen) atoms. The normalized spacial score (nSPS) is 19.7. The second-order valence-corrected chi connectivity index (χ2v) is 6.87. The Hall–Kier alpha value is -1.99. The highest BCUT2D eigenvalue weighted by molar-refractivity contribution is 7.15. The van der Waals surface area contributed by atoms with Gasteiger partial charge in [0.25, 0.3) is 0 Å². The van der Waals surface area contributed by atoms with Crippen molar-refractivity contribution in [1.82, 2.24) is 24.5 Å². The van der Waals surface area contributed by atoms with Gasteiger partial charge < -0.3 is 5.73 Å². The molecule has 114 valence electrons. The van der Waals surface area contributed by atoms with Crippen LogP contribution in [0.25, 0.3) is 5.65 Å². The van der Waals surface area contributed by atoms with Gasteiger partial charge in [0.1, 0.15) is 5.82 Å². The molecule has 3 aromatic heterocycles. The number of nitrogen functional groups attached to an aromatic ring is 1. The first-order chi connectivity index (χ1) is 10.8. The fraction of sp³-hybridized carbons (Fsp3) is 0.400. The fourth-order valence-electron chi connectivity index (χ4n) is 3.16. The Morgan fingerprint density at radius 3 is 3.14 bits per heavy atom. The number of anilines is 1. The highest BCUT2D eigenvalue weighted by Crippen LogP contribution is 2.28. The molecule has 0 spiro atoms. The van der Waals surface area contributed by atoms with Crippen molar-refractivity contribution in [3.05, 3.63) is 41.3 Å². The lowest BCUT2D eigenvalue weighted by Gasteiger charge is -2.31. The second-order valence-electron chi connectivity index (χ2n) is 5.73. The smallest absolute Gasteiger partial charge is 0.180 e. The summed E-state index contributed by atoms with van der Waals surface area (Å²) in [4.78, 5) is 7.82. The van der Waals surface area contributed by atoms with Gasteiger partial charge in [-0.1, -0.05) is 6.07 Å². The standard InChI is InChI=1S/C15H18N6S/c16-15-17-8-12(22-15)10-20-6-3-4-11(9-20)14-19-18-13-5-1-2-7-21(13)14/h1-2,5,7-8,11H,3-4,6,9-10H2,(H2,16,17). The lowest BCUT2D eigenvalue weighted by molar-refractivity contribution is 0.197. The highest BCUT2D eigenvalue weighted by Gasteiger charge is 2.25. The molecule has 0 bridgehead atoms. The summed E-state index contributed by atoms with van der Waals surface area (Å²) in [7, 11) is 0. The number of thiazole rings is 1. The molecule has 1 unspecified atom stereocenters. The van der Waals surface area contributed by atoms with Gasteiger partial charge >= 0.3 is 0 Å². The first-order valence-electron chi connectivity index (χ1n) is 7.52. The predicted molar refractivity (Wildman–Crippen MR) is 86.8 cm³/mol. The van der Waals surface area contributed by atoms with Gasteiger partial charge in [0.2, 0.25) is 0 Å². The van der Waals surface area contributed by atoms with E-state index in [1.54, 1.807) is 11.3 Å². The number of hydrogen-bond donors (Lipinski definition) is 1. The minimum Gasteiger partial charge on any atom is -0.375 e. The third-order valence-corrected chi connectivity index (χ3v) is 4.97. The quantitative estimate of drug-likeness (QED) is 0.802. The van der Waals surface area contributed by atoms with Crippen LogP contribution >= 0.6 is 11.3 Å². The van der Waals surface area contributed by atoms with E-state index < -0.39 is 0 Å². The van der Waals surface area contributed by atoms with Gasteiger partial charge in [0.05, 0.1) is 0 Å². The Kier molecular flexibility index (Phi) is 3.51. The Balaban J connectivity index is 1.53. The summed E-state index contributed by atoms with van der Waals surface area (Å²) in [5.74, 6) is 1.50. The zero-order chi connectivity index (χ0) is 14.9. The molecule has 4 rings (SSSR count). The number of rotatable bonds is 3. The van der Waals surface area contributed by atoms with Crippen LogP contribution in [-0.2, 0) is 6.54 Å². The van der Waals surface area contributed by atoms with Gasteiger partial charge in [0.15, 0.2) is 10.8 Å². The lowest BCUT2D eigenvalue weighted by atomic mass is 9.97. The Morgan fingerprint density at radius 1 is 1.32 bits per heavy atom. The molecule has 1 aliphatic heterocycles. The van der Waals surface area contributed by atoms with E-state index in [4.69, 9.17) is 5.73 Å². The average Bonchev–Trinajstić information content (AvgIpc) is 3.14. The third kappa shape index (κ3) is 2.57. The second kappa shape index (κ2) is 5.66. The van der Waals surface area contributed by atoms with E-state index in [-0.39, 0.29) is 0 Å². The van der Waals surface area contributed by atoms with Crippen LogP contribution in [-0.4, -0.2) is 37.6 Å². The van der Waals surface area contributed by atoms with Crippen LogP contribution in [0.3, 0.4) is 0 Å². The molecule has 0 aromatic carbocycles. The maximum Gasteiger partial charge on any atom is 0.180 e. The van der Waals surface area contributed by atoms with Gasteiger partial charge in [0, 0.05) is 36.3 Å². The minimum absolute atomic E-state index is 0.427. The molecule has 7 heteroatoms. The number of aromatic nitrogens is 4. The maximum atomic E-state index is 5.72. The molecule has 1 saturated heterocycles. The van der Waals surface area contributed by atoms with Crippen molar-refractivity contribution in [2.24, 2.45) is 0 Å². The molecule has 0 aliphatic carbocycles. The van der Waals surface area contributed by atoms with E-state index in [9.17, 15) is 0 Å². The molecule has 6 nitrogen and oxygen atoms in total. The van der Waals surface area contributed by atoms with E-state index >= 15 is 0 Å². The molecule has 1 aliphatic rings. The Bertz CT molecular complexity index is 779. The summed E-state index contributed by atoms with van der Waals surface area (Å²) in [6, 6.07) is 6.02. The predicted octanol–water partition coefficient (Wildman–Crippen LogP) is 2.15. The van der Waals surface area contributed by atoms with Gasteiger partial charge in [-0.25, -0.2) is 4.98 Å². The lowest BCUT2D eigenvalue weighted by Crippen LogP contribution is -2.34. The summed E-state index contributed by atoms with van der Waals surface area (Å²) in [6.45, 7) is 3.04. The van der Waals surface area contributed by atoms with Crippen molar-refractivity contribution in [2.75, 3.05) is 18.8 Å². The van der Waals surface area contributed by atoms with Crippen molar-refractivity contribution in [1.29, 1.82) is 0 Å². The molecule has 1 fully saturated rings. The van der Waals surface area contributed by atoms with Crippen molar-refractivity contribution in [2.45, 2.75) is 25.3 Å². The summed E-state index contributed by atoms with van der Waals surface area (Å²) in [6.07, 6.45) is 6.28. The Morgan fingerprint density at radius 2 is 2.27 bits per heavy atom. The molecule has 2 N–H and O–H groups in total. The van der Waals surface area contributed by atoms with Crippen LogP contribution < -0.4 is 5.73 Å². The summed E-state index contributed by atoms with van der Waals surface area (Å²) < 4.78 is 2.11. The molecule has 0 radical (unpaired) electrons. The first-order valence-corrected chi connectivity index (χ1v) is 8.33. The largest absolute Gasteiger partial charge is 0.375 e. The van der Waals surface area contributed by atoms with Crippen LogP contribution in [0.15, 0.2) is 30.6 Å². The molecule has 0 saturated carbocycles. The number of nitrogens with two attached hydrogens (primary N) is 1. The minimum atomic E-state index is 0.427. The van der Waals surface area contributed by atoms with Crippen LogP contribution in [0.4, 0.5) is 5.13 Å². The number of nitrogens with zero attached hydrogens (tertiary/aromatic N) is 5. The monoisotopic (exact) mass is 314 g/mol. The van der Waals surface area contributed by atoms with Crippen molar-refractivity contribution < 1.29 is 0 Å². The highest BCUT2D eigenvalue weighted by atomic mass is 32.1. The van der Waals surface area contributed by atoms with Gasteiger partial charge in [-0.2, -0.15) is 0 Å². The molecular weight excluding hydrogens is 296 g/mol. The van der Waals surface area contributed by atoms with Crippen molar-refractivity contribution in [3.63, 3.8) is 0 Å². The number of likely N-dealkylation sites (tertiary alicyclic amines) is 1. The average molecular weight is 314 g/mol. The summed E-state index contributed by atoms with van der Waals surface area (Å²) in [5.41, 5.74) is 6.64. The van der Waals surface area contributed by atoms with Crippen molar-refractivity contribution in [3.8, 4) is 0 Å². The zero-order valence-corrected chi connectivity index (χ0v) is 13.0. The van der Waals surface area contributed by atoms with E-state index in [0.717, 1.165) is 37.5 Å². The number of pyridine rings is 1. The molecule has 1 atom stereocenters. The molecule has 3 aromatic rings. The van der Waals surface area contributed by atoms with E-state index in [2.05, 4.69) is 24.5 Å². The van der Waals surface area contributed by atoms with Crippen molar-refractivity contribution >= 4 is 22.1 Å². The fourth-order valence-corrected chi connectivity index (χ4v) is 3.89. The Labute approximate surface area is 132 Å². The molecule has 4 heterocycles.